The lowest BCUT2D eigenvalue weighted by Gasteiger charge is -2.38. The summed E-state index contributed by atoms with van der Waals surface area (Å²) in [5.74, 6) is 0.800. The molecule has 11 nitrogen and oxygen atoms in total. The Balaban J connectivity index is 1.55. The van der Waals surface area contributed by atoms with E-state index in [0.717, 1.165) is 5.56 Å². The van der Waals surface area contributed by atoms with Gasteiger partial charge in [-0.3, -0.25) is 14.9 Å². The number of aromatic nitrogens is 7. The van der Waals surface area contributed by atoms with Crippen molar-refractivity contribution >= 4 is 5.91 Å². The average Bonchev–Trinajstić information content (AvgIpc) is 3.35. The van der Waals surface area contributed by atoms with E-state index in [0.29, 0.717) is 24.4 Å². The highest BCUT2D eigenvalue weighted by molar-refractivity contribution is 5.93. The number of carbonyl (C=O) groups is 1. The van der Waals surface area contributed by atoms with Crippen LogP contribution in [0.3, 0.4) is 0 Å². The fourth-order valence-electron chi connectivity index (χ4n) is 3.12. The largest absolute Gasteiger partial charge is 0.495 e. The molecule has 0 radical (unpaired) electrons. The van der Waals surface area contributed by atoms with Crippen LogP contribution < -0.4 is 10.1 Å². The SMILES string of the molecule is COc1cncc([C@@H](NC(=O)c2cc(-n3cnnn3)n[nH]2)C2CC(O)C2)c1. The molecule has 0 spiro atoms. The monoisotopic (exact) mass is 370 g/mol. The summed E-state index contributed by atoms with van der Waals surface area (Å²) in [5.41, 5.74) is 1.10. The van der Waals surface area contributed by atoms with Crippen LogP contribution in [0.2, 0.25) is 0 Å². The van der Waals surface area contributed by atoms with Gasteiger partial charge in [0.2, 0.25) is 0 Å². The van der Waals surface area contributed by atoms with Crippen molar-refractivity contribution in [2.45, 2.75) is 25.0 Å². The minimum absolute atomic E-state index is 0.111. The normalized spacial score (nSPS) is 19.9. The van der Waals surface area contributed by atoms with E-state index in [1.54, 1.807) is 25.6 Å². The Bertz CT molecular complexity index is 919. The highest BCUT2D eigenvalue weighted by atomic mass is 16.5. The molecule has 0 saturated heterocycles. The second kappa shape index (κ2) is 7.11. The Kier molecular flexibility index (Phi) is 4.50. The topological polar surface area (TPSA) is 144 Å². The minimum Gasteiger partial charge on any atom is -0.495 e. The first-order valence-electron chi connectivity index (χ1n) is 8.40. The van der Waals surface area contributed by atoms with E-state index in [1.807, 2.05) is 6.07 Å². The quantitative estimate of drug-likeness (QED) is 0.551. The van der Waals surface area contributed by atoms with Crippen LogP contribution in [0.1, 0.15) is 34.9 Å². The Morgan fingerprint density at radius 2 is 2.26 bits per heavy atom. The number of H-pyrrole nitrogens is 1. The molecule has 4 rings (SSSR count). The zero-order valence-corrected chi connectivity index (χ0v) is 14.5. The maximum Gasteiger partial charge on any atom is 0.269 e. The van der Waals surface area contributed by atoms with Gasteiger partial charge in [0.25, 0.3) is 5.91 Å². The van der Waals surface area contributed by atoms with E-state index >= 15 is 0 Å². The molecule has 0 bridgehead atoms. The van der Waals surface area contributed by atoms with E-state index in [9.17, 15) is 9.90 Å². The number of amides is 1. The molecular formula is C16H18N8O3. The van der Waals surface area contributed by atoms with Crippen molar-refractivity contribution < 1.29 is 14.6 Å². The smallest absolute Gasteiger partial charge is 0.269 e. The molecule has 1 fully saturated rings. The van der Waals surface area contributed by atoms with E-state index < -0.39 is 0 Å². The molecule has 1 saturated carbocycles. The van der Waals surface area contributed by atoms with E-state index in [4.69, 9.17) is 4.74 Å². The van der Waals surface area contributed by atoms with Crippen LogP contribution in [0.25, 0.3) is 5.82 Å². The summed E-state index contributed by atoms with van der Waals surface area (Å²) in [6.45, 7) is 0. The molecule has 1 amide bonds. The summed E-state index contributed by atoms with van der Waals surface area (Å²) in [7, 11) is 1.56. The molecule has 11 heteroatoms. The molecule has 0 aromatic carbocycles. The number of hydrogen-bond donors (Lipinski definition) is 3. The van der Waals surface area contributed by atoms with Gasteiger partial charge in [0.1, 0.15) is 17.8 Å². The molecule has 0 unspecified atom stereocenters. The highest BCUT2D eigenvalue weighted by Crippen LogP contribution is 2.38. The maximum atomic E-state index is 12.7. The summed E-state index contributed by atoms with van der Waals surface area (Å²) in [5, 5.41) is 30.2. The van der Waals surface area contributed by atoms with Crippen molar-refractivity contribution in [3.8, 4) is 11.6 Å². The lowest BCUT2D eigenvalue weighted by molar-refractivity contribution is 0.0234. The number of rotatable bonds is 6. The number of aromatic amines is 1. The number of pyridine rings is 1. The summed E-state index contributed by atoms with van der Waals surface area (Å²) in [6, 6.07) is 3.09. The van der Waals surface area contributed by atoms with Crippen molar-refractivity contribution in [1.29, 1.82) is 0 Å². The first-order valence-corrected chi connectivity index (χ1v) is 8.40. The third-order valence-corrected chi connectivity index (χ3v) is 4.63. The van der Waals surface area contributed by atoms with E-state index in [-0.39, 0.29) is 29.7 Å². The predicted octanol–water partition coefficient (Wildman–Crippen LogP) is 0.0310. The van der Waals surface area contributed by atoms with Crippen molar-refractivity contribution in [1.82, 2.24) is 40.7 Å². The Hall–Kier alpha value is -3.34. The summed E-state index contributed by atoms with van der Waals surface area (Å²) in [6.07, 6.45) is 5.56. The summed E-state index contributed by atoms with van der Waals surface area (Å²) >= 11 is 0. The number of ether oxygens (including phenoxy) is 1. The number of tetrazole rings is 1. The predicted molar refractivity (Wildman–Crippen MR) is 91.0 cm³/mol. The molecule has 140 valence electrons. The lowest BCUT2D eigenvalue weighted by atomic mass is 9.75. The van der Waals surface area contributed by atoms with Gasteiger partial charge in [0.15, 0.2) is 5.82 Å². The standard InChI is InChI=1S/C16H18N8O3/c1-27-12-4-10(6-17-7-12)15(9-2-11(25)3-9)19-16(26)13-5-14(21-20-13)24-8-18-22-23-24/h4-9,11,15,25H,2-3H2,1H3,(H,19,26)(H,20,21)/t9?,11?,15-/m0/s1. The molecule has 1 aliphatic carbocycles. The highest BCUT2D eigenvalue weighted by Gasteiger charge is 2.36. The van der Waals surface area contributed by atoms with E-state index in [2.05, 4.69) is 36.0 Å². The first-order chi connectivity index (χ1) is 13.1. The number of hydrogen-bond acceptors (Lipinski definition) is 8. The van der Waals surface area contributed by atoms with Crippen molar-refractivity contribution in [3.63, 3.8) is 0 Å². The number of carbonyl (C=O) groups excluding carboxylic acids is 1. The fourth-order valence-corrected chi connectivity index (χ4v) is 3.12. The molecular weight excluding hydrogens is 352 g/mol. The Labute approximate surface area is 153 Å². The Morgan fingerprint density at radius 1 is 1.41 bits per heavy atom. The molecule has 1 aliphatic rings. The minimum atomic E-state index is -0.341. The Morgan fingerprint density at radius 3 is 2.96 bits per heavy atom. The van der Waals surface area contributed by atoms with Crippen LogP contribution in [0.5, 0.6) is 5.75 Å². The first kappa shape index (κ1) is 17.1. The second-order valence-electron chi connectivity index (χ2n) is 6.39. The van der Waals surface area contributed by atoms with E-state index in [1.165, 1.54) is 11.0 Å². The third-order valence-electron chi connectivity index (χ3n) is 4.63. The molecule has 0 aliphatic heterocycles. The number of nitrogens with one attached hydrogen (secondary N) is 2. The summed E-state index contributed by atoms with van der Waals surface area (Å²) < 4.78 is 6.58. The van der Waals surface area contributed by atoms with Gasteiger partial charge >= 0.3 is 0 Å². The zero-order chi connectivity index (χ0) is 18.8. The van der Waals surface area contributed by atoms with Crippen LogP contribution in [0.4, 0.5) is 0 Å². The van der Waals surface area contributed by atoms with Crippen LogP contribution >= 0.6 is 0 Å². The average molecular weight is 370 g/mol. The van der Waals surface area contributed by atoms with Crippen LogP contribution in [0, 0.1) is 5.92 Å². The number of nitrogens with zero attached hydrogens (tertiary/aromatic N) is 6. The van der Waals surface area contributed by atoms with Gasteiger partial charge in [-0.05, 0) is 40.8 Å². The summed E-state index contributed by atoms with van der Waals surface area (Å²) in [4.78, 5) is 16.9. The van der Waals surface area contributed by atoms with Gasteiger partial charge in [0, 0.05) is 12.3 Å². The van der Waals surface area contributed by atoms with Gasteiger partial charge in [-0.15, -0.1) is 5.10 Å². The molecule has 27 heavy (non-hydrogen) atoms. The van der Waals surface area contributed by atoms with Crippen LogP contribution in [-0.4, -0.2) is 59.6 Å². The van der Waals surface area contributed by atoms with Crippen molar-refractivity contribution in [3.05, 3.63) is 42.1 Å². The lowest BCUT2D eigenvalue weighted by Crippen LogP contribution is -2.41. The van der Waals surface area contributed by atoms with Crippen LogP contribution in [-0.2, 0) is 0 Å². The van der Waals surface area contributed by atoms with Crippen LogP contribution in [0.15, 0.2) is 30.9 Å². The van der Waals surface area contributed by atoms with Gasteiger partial charge in [0.05, 0.1) is 25.5 Å². The molecule has 3 aromatic heterocycles. The van der Waals surface area contributed by atoms with Gasteiger partial charge in [-0.2, -0.15) is 9.78 Å². The second-order valence-corrected chi connectivity index (χ2v) is 6.39. The van der Waals surface area contributed by atoms with Crippen molar-refractivity contribution in [2.75, 3.05) is 7.11 Å². The molecule has 3 heterocycles. The molecule has 3 aromatic rings. The van der Waals surface area contributed by atoms with Gasteiger partial charge < -0.3 is 15.2 Å². The molecule has 1 atom stereocenters. The van der Waals surface area contributed by atoms with Gasteiger partial charge in [-0.25, -0.2) is 0 Å². The third kappa shape index (κ3) is 3.49. The fraction of sp³-hybridized carbons (Fsp3) is 0.375. The molecule has 3 N–H and O–H groups in total. The maximum absolute atomic E-state index is 12.7. The zero-order valence-electron chi connectivity index (χ0n) is 14.5. The number of methoxy groups -OCH3 is 1. The van der Waals surface area contributed by atoms with Crippen molar-refractivity contribution in [2.24, 2.45) is 5.92 Å². The number of aliphatic hydroxyl groups is 1. The number of aliphatic hydroxyl groups excluding tert-OH is 1. The van der Waals surface area contributed by atoms with Gasteiger partial charge in [-0.1, -0.05) is 0 Å².